The Kier molecular flexibility index (Phi) is 5.07. The molecule has 0 unspecified atom stereocenters. The number of carbonyl (C=O) groups excluding carboxylic acids is 1. The number of aromatic nitrogens is 5. The maximum atomic E-state index is 14.0. The second-order valence-electron chi connectivity index (χ2n) is 7.99. The van der Waals surface area contributed by atoms with Crippen LogP contribution in [0.1, 0.15) is 21.7 Å². The minimum absolute atomic E-state index is 0.0222. The van der Waals surface area contributed by atoms with Crippen molar-refractivity contribution in [3.8, 4) is 11.3 Å². The largest absolute Gasteiger partial charge is 0.433 e. The predicted octanol–water partition coefficient (Wildman–Crippen LogP) is 4.57. The lowest BCUT2D eigenvalue weighted by Gasteiger charge is -2.16. The van der Waals surface area contributed by atoms with E-state index in [1.54, 1.807) is 43.2 Å². The third-order valence-corrected chi connectivity index (χ3v) is 5.57. The van der Waals surface area contributed by atoms with E-state index in [9.17, 15) is 18.0 Å². The van der Waals surface area contributed by atoms with Crippen LogP contribution in [0.4, 0.5) is 13.2 Å². The van der Waals surface area contributed by atoms with E-state index in [1.165, 1.54) is 4.90 Å². The molecule has 0 aliphatic rings. The summed E-state index contributed by atoms with van der Waals surface area (Å²) < 4.78 is 44.3. The monoisotopic (exact) mass is 464 g/mol. The zero-order chi connectivity index (χ0) is 24.0. The minimum atomic E-state index is -4.70. The number of carbonyl (C=O) groups is 1. The fourth-order valence-electron chi connectivity index (χ4n) is 3.97. The quantitative estimate of drug-likeness (QED) is 0.391. The highest BCUT2D eigenvalue weighted by Crippen LogP contribution is 2.35. The molecule has 3 heterocycles. The number of benzene rings is 2. The lowest BCUT2D eigenvalue weighted by atomic mass is 10.0. The molecule has 5 rings (SSSR count). The molecule has 2 aromatic carbocycles. The Morgan fingerprint density at radius 2 is 1.85 bits per heavy atom. The van der Waals surface area contributed by atoms with Gasteiger partial charge in [-0.15, -0.1) is 0 Å². The number of aryl methyl sites for hydroxylation is 1. The topological polar surface area (TPSA) is 68.3 Å². The van der Waals surface area contributed by atoms with Crippen LogP contribution in [0, 0.1) is 0 Å². The van der Waals surface area contributed by atoms with Crippen LogP contribution in [-0.4, -0.2) is 42.2 Å². The molecule has 1 amide bonds. The number of amides is 1. The normalized spacial score (nSPS) is 11.9. The molecule has 0 N–H and O–H groups in total. The standard InChI is InChI=1S/C24H19F3N6O/c1-31(14-16-10-11-32(2)30-16)23(34)19-13-28-33-21(24(25,26)27)12-20(29-22(19)33)18-9-5-7-15-6-3-4-8-17(15)18/h3-13H,14H2,1-2H3. The van der Waals surface area contributed by atoms with Crippen LogP contribution < -0.4 is 0 Å². The average Bonchev–Trinajstić information content (AvgIpc) is 3.42. The summed E-state index contributed by atoms with van der Waals surface area (Å²) in [5, 5.41) is 9.74. The van der Waals surface area contributed by atoms with Gasteiger partial charge in [-0.05, 0) is 22.9 Å². The Labute approximate surface area is 192 Å². The number of halogens is 3. The van der Waals surface area contributed by atoms with Gasteiger partial charge in [0.05, 0.1) is 24.1 Å². The SMILES string of the molecule is CN(Cc1ccn(C)n1)C(=O)c1cnn2c(C(F)(F)F)cc(-c3cccc4ccccc34)nc12. The predicted molar refractivity (Wildman–Crippen MR) is 120 cm³/mol. The summed E-state index contributed by atoms with van der Waals surface area (Å²) in [5.41, 5.74) is 0.106. The first-order chi connectivity index (χ1) is 16.2. The maximum Gasteiger partial charge on any atom is 0.433 e. The summed E-state index contributed by atoms with van der Waals surface area (Å²) in [4.78, 5) is 19.0. The fourth-order valence-corrected chi connectivity index (χ4v) is 3.97. The van der Waals surface area contributed by atoms with E-state index in [2.05, 4.69) is 15.2 Å². The molecule has 5 aromatic rings. The summed E-state index contributed by atoms with van der Waals surface area (Å²) in [5.74, 6) is -0.503. The van der Waals surface area contributed by atoms with Gasteiger partial charge in [-0.3, -0.25) is 9.48 Å². The van der Waals surface area contributed by atoms with E-state index in [0.29, 0.717) is 15.8 Å². The third kappa shape index (κ3) is 3.76. The van der Waals surface area contributed by atoms with Crippen molar-refractivity contribution in [2.75, 3.05) is 7.05 Å². The lowest BCUT2D eigenvalue weighted by molar-refractivity contribution is -0.142. The van der Waals surface area contributed by atoms with Gasteiger partial charge >= 0.3 is 6.18 Å². The summed E-state index contributed by atoms with van der Waals surface area (Å²) >= 11 is 0. The van der Waals surface area contributed by atoms with Gasteiger partial charge in [-0.2, -0.15) is 23.4 Å². The average molecular weight is 464 g/mol. The van der Waals surface area contributed by atoms with E-state index in [-0.39, 0.29) is 23.4 Å². The van der Waals surface area contributed by atoms with Gasteiger partial charge in [0, 0.05) is 25.9 Å². The Morgan fingerprint density at radius 3 is 2.59 bits per heavy atom. The number of fused-ring (bicyclic) bond motifs is 2. The Morgan fingerprint density at radius 1 is 1.09 bits per heavy atom. The van der Waals surface area contributed by atoms with Crippen LogP contribution in [0.15, 0.2) is 67.0 Å². The van der Waals surface area contributed by atoms with Crippen LogP contribution in [0.5, 0.6) is 0 Å². The first kappa shape index (κ1) is 21.6. The van der Waals surface area contributed by atoms with Crippen molar-refractivity contribution < 1.29 is 18.0 Å². The molecule has 0 atom stereocenters. The second-order valence-corrected chi connectivity index (χ2v) is 7.99. The number of hydrogen-bond donors (Lipinski definition) is 0. The zero-order valence-corrected chi connectivity index (χ0v) is 18.3. The van der Waals surface area contributed by atoms with Crippen molar-refractivity contribution in [1.82, 2.24) is 29.3 Å². The maximum absolute atomic E-state index is 14.0. The Balaban J connectivity index is 1.66. The van der Waals surface area contributed by atoms with Crippen LogP contribution in [0.25, 0.3) is 27.7 Å². The van der Waals surface area contributed by atoms with Crippen molar-refractivity contribution in [1.29, 1.82) is 0 Å². The number of alkyl halides is 3. The second kappa shape index (κ2) is 7.98. The van der Waals surface area contributed by atoms with Crippen LogP contribution in [0.2, 0.25) is 0 Å². The van der Waals surface area contributed by atoms with Gasteiger partial charge in [-0.1, -0.05) is 42.5 Å². The Bertz CT molecular complexity index is 1530. The molecule has 3 aromatic heterocycles. The van der Waals surface area contributed by atoms with Crippen LogP contribution in [0.3, 0.4) is 0 Å². The molecule has 0 saturated carbocycles. The molecular formula is C24H19F3N6O. The van der Waals surface area contributed by atoms with Gasteiger partial charge in [0.2, 0.25) is 0 Å². The van der Waals surface area contributed by atoms with Gasteiger partial charge in [0.15, 0.2) is 11.3 Å². The highest BCUT2D eigenvalue weighted by Gasteiger charge is 2.36. The highest BCUT2D eigenvalue weighted by atomic mass is 19.4. The molecule has 0 bridgehead atoms. The molecule has 0 spiro atoms. The van der Waals surface area contributed by atoms with Gasteiger partial charge < -0.3 is 4.90 Å². The molecule has 172 valence electrons. The van der Waals surface area contributed by atoms with Crippen molar-refractivity contribution in [2.24, 2.45) is 7.05 Å². The van der Waals surface area contributed by atoms with Gasteiger partial charge in [0.25, 0.3) is 5.91 Å². The van der Waals surface area contributed by atoms with Gasteiger partial charge in [-0.25, -0.2) is 9.50 Å². The molecule has 0 aliphatic heterocycles. The highest BCUT2D eigenvalue weighted by molar-refractivity contribution is 6.00. The molecule has 0 radical (unpaired) electrons. The molecule has 34 heavy (non-hydrogen) atoms. The molecule has 0 saturated heterocycles. The van der Waals surface area contributed by atoms with Crippen molar-refractivity contribution >= 4 is 22.3 Å². The van der Waals surface area contributed by atoms with E-state index < -0.39 is 17.8 Å². The molecule has 0 fully saturated rings. The minimum Gasteiger partial charge on any atom is -0.336 e. The van der Waals surface area contributed by atoms with Crippen LogP contribution in [-0.2, 0) is 19.8 Å². The molecule has 7 nitrogen and oxygen atoms in total. The smallest absolute Gasteiger partial charge is 0.336 e. The summed E-state index contributed by atoms with van der Waals surface area (Å²) in [7, 11) is 3.31. The summed E-state index contributed by atoms with van der Waals surface area (Å²) in [6.07, 6.45) is -1.83. The van der Waals surface area contributed by atoms with Gasteiger partial charge in [0.1, 0.15) is 5.56 Å². The van der Waals surface area contributed by atoms with E-state index in [1.807, 2.05) is 30.3 Å². The van der Waals surface area contributed by atoms with Crippen molar-refractivity contribution in [3.05, 3.63) is 83.9 Å². The summed E-state index contributed by atoms with van der Waals surface area (Å²) in [6.45, 7) is 0.187. The number of rotatable bonds is 4. The third-order valence-electron chi connectivity index (χ3n) is 5.57. The Hall–Kier alpha value is -4.21. The zero-order valence-electron chi connectivity index (χ0n) is 18.3. The fraction of sp³-hybridized carbons (Fsp3) is 0.167. The molecular weight excluding hydrogens is 445 g/mol. The first-order valence-corrected chi connectivity index (χ1v) is 10.4. The van der Waals surface area contributed by atoms with Crippen molar-refractivity contribution in [2.45, 2.75) is 12.7 Å². The number of hydrogen-bond acceptors (Lipinski definition) is 4. The molecule has 10 heteroatoms. The van der Waals surface area contributed by atoms with E-state index in [0.717, 1.165) is 23.0 Å². The van der Waals surface area contributed by atoms with Crippen LogP contribution >= 0.6 is 0 Å². The summed E-state index contributed by atoms with van der Waals surface area (Å²) in [6, 6.07) is 15.5. The number of nitrogens with zero attached hydrogens (tertiary/aromatic N) is 6. The van der Waals surface area contributed by atoms with Crippen molar-refractivity contribution in [3.63, 3.8) is 0 Å². The van der Waals surface area contributed by atoms with E-state index >= 15 is 0 Å². The first-order valence-electron chi connectivity index (χ1n) is 10.4. The van der Waals surface area contributed by atoms with E-state index in [4.69, 9.17) is 0 Å². The molecule has 0 aliphatic carbocycles. The lowest BCUT2D eigenvalue weighted by Crippen LogP contribution is -2.26.